The van der Waals surface area contributed by atoms with E-state index < -0.39 is 5.97 Å². The molecule has 0 aliphatic heterocycles. The molecule has 1 aromatic heterocycles. The van der Waals surface area contributed by atoms with Gasteiger partial charge in [0.05, 0.1) is 31.6 Å². The zero-order valence-corrected chi connectivity index (χ0v) is 13.5. The molecular weight excluding hydrogens is 307 g/mol. The van der Waals surface area contributed by atoms with E-state index in [-0.39, 0.29) is 7.48 Å². The second kappa shape index (κ2) is 6.76. The summed E-state index contributed by atoms with van der Waals surface area (Å²) < 4.78 is 12.0. The van der Waals surface area contributed by atoms with Crippen molar-refractivity contribution in [3.63, 3.8) is 0 Å². The van der Waals surface area contributed by atoms with Crippen LogP contribution in [0, 0.1) is 0 Å². The molecule has 122 valence electrons. The number of carbonyl (C=O) groups is 1. The third-order valence-electron chi connectivity index (χ3n) is 3.91. The van der Waals surface area contributed by atoms with Crippen molar-refractivity contribution in [3.8, 4) is 5.75 Å². The number of esters is 1. The monoisotopic (exact) mass is 324 g/mol. The molecule has 0 aliphatic rings. The van der Waals surface area contributed by atoms with E-state index in [4.69, 9.17) is 14.5 Å². The third-order valence-corrected chi connectivity index (χ3v) is 3.91. The van der Waals surface area contributed by atoms with E-state index in [9.17, 15) is 4.79 Å². The average Bonchev–Trinajstić information content (AvgIpc) is 3.02. The lowest BCUT2D eigenvalue weighted by Crippen LogP contribution is -2.13. The zero-order valence-electron chi connectivity index (χ0n) is 13.5. The van der Waals surface area contributed by atoms with Crippen LogP contribution in [0.25, 0.3) is 11.0 Å². The summed E-state index contributed by atoms with van der Waals surface area (Å²) in [5.74, 6) is -0.0132. The quantitative estimate of drug-likeness (QED) is 0.556. The molecule has 7 heteroatoms. The molecule has 0 saturated carbocycles. The first-order valence-electron chi connectivity index (χ1n) is 7.46. The number of imidazole rings is 1. The molecule has 0 spiro atoms. The molecule has 0 saturated heterocycles. The summed E-state index contributed by atoms with van der Waals surface area (Å²) in [6, 6.07) is 11.2. The molecule has 24 heavy (non-hydrogen) atoms. The number of carbonyl (C=O) groups excluding carboxylic acids is 1. The van der Waals surface area contributed by atoms with Gasteiger partial charge in [-0.3, -0.25) is 0 Å². The molecule has 0 bridgehead atoms. The average molecular weight is 324 g/mol. The van der Waals surface area contributed by atoms with E-state index >= 15 is 0 Å². The molecule has 0 fully saturated rings. The summed E-state index contributed by atoms with van der Waals surface area (Å²) in [6.07, 6.45) is 1.73. The number of benzene rings is 2. The van der Waals surface area contributed by atoms with Crippen LogP contribution in [0.3, 0.4) is 0 Å². The van der Waals surface area contributed by atoms with E-state index in [1.165, 1.54) is 14.2 Å². The number of fused-ring (bicyclic) bond motifs is 1. The molecule has 6 nitrogen and oxygen atoms in total. The zero-order chi connectivity index (χ0) is 17.1. The second-order valence-corrected chi connectivity index (χ2v) is 5.38. The van der Waals surface area contributed by atoms with E-state index in [1.807, 2.05) is 28.8 Å². The molecule has 1 N–H and O–H groups in total. The van der Waals surface area contributed by atoms with E-state index in [1.54, 1.807) is 18.5 Å². The lowest BCUT2D eigenvalue weighted by molar-refractivity contribution is 0.0597. The highest BCUT2D eigenvalue weighted by atomic mass is 16.5. The highest BCUT2D eigenvalue weighted by Crippen LogP contribution is 2.26. The Morgan fingerprint density at radius 1 is 1.25 bits per heavy atom. The van der Waals surface area contributed by atoms with Gasteiger partial charge in [0.15, 0.2) is 0 Å². The molecule has 0 unspecified atom stereocenters. The Kier molecular flexibility index (Phi) is 4.53. The number of rotatable bonds is 5. The van der Waals surface area contributed by atoms with Crippen LogP contribution in [0.2, 0.25) is 0 Å². The van der Waals surface area contributed by atoms with Crippen molar-refractivity contribution in [2.45, 2.75) is 6.54 Å². The minimum absolute atomic E-state index is 0.0244. The van der Waals surface area contributed by atoms with Gasteiger partial charge in [-0.1, -0.05) is 29.7 Å². The summed E-state index contributed by atoms with van der Waals surface area (Å²) in [7, 11) is 2.87. The summed E-state index contributed by atoms with van der Waals surface area (Å²) in [5, 5.41) is 9.11. The second-order valence-electron chi connectivity index (χ2n) is 5.38. The molecule has 3 aromatic rings. The molecule has 0 atom stereocenters. The fraction of sp³-hybridized carbons (Fsp3) is 0.176. The molecule has 0 aliphatic carbocycles. The van der Waals surface area contributed by atoms with E-state index in [2.05, 4.69) is 4.98 Å². The summed E-state index contributed by atoms with van der Waals surface area (Å²) in [6.45, 7) is 0.606. The topological polar surface area (TPSA) is 73.6 Å². The summed E-state index contributed by atoms with van der Waals surface area (Å²) >= 11 is 0. The van der Waals surface area contributed by atoms with Crippen LogP contribution in [0.5, 0.6) is 5.75 Å². The minimum atomic E-state index is -0.450. The standard InChI is InChI=1S/C17H17BN2O4/c1-23-16-8-14-15(7-13(16)17(21)24-2)20(10-19-14)9-11-3-5-12(18-22)6-4-11/h3-8,10,18,22H,9H2,1-2H3. The van der Waals surface area contributed by atoms with Gasteiger partial charge in [-0.05, 0) is 11.6 Å². The Morgan fingerprint density at radius 3 is 2.62 bits per heavy atom. The van der Waals surface area contributed by atoms with Crippen molar-refractivity contribution >= 4 is 29.9 Å². The van der Waals surface area contributed by atoms with Gasteiger partial charge >= 0.3 is 13.5 Å². The van der Waals surface area contributed by atoms with Gasteiger partial charge in [0.25, 0.3) is 0 Å². The maximum atomic E-state index is 11.9. The number of hydrogen-bond acceptors (Lipinski definition) is 5. The number of nitrogens with zero attached hydrogens (tertiary/aromatic N) is 2. The minimum Gasteiger partial charge on any atom is -0.496 e. The van der Waals surface area contributed by atoms with Crippen LogP contribution in [0.4, 0.5) is 0 Å². The predicted octanol–water partition coefficient (Wildman–Crippen LogP) is 0.849. The Hall–Kier alpha value is -2.80. The molecular formula is C17H17BN2O4. The van der Waals surface area contributed by atoms with Crippen molar-refractivity contribution in [2.75, 3.05) is 14.2 Å². The maximum Gasteiger partial charge on any atom is 0.341 e. The van der Waals surface area contributed by atoms with Crippen molar-refractivity contribution in [2.24, 2.45) is 0 Å². The van der Waals surface area contributed by atoms with Gasteiger partial charge in [0.2, 0.25) is 0 Å². The van der Waals surface area contributed by atoms with Crippen molar-refractivity contribution in [1.82, 2.24) is 9.55 Å². The molecule has 2 aromatic carbocycles. The normalized spacial score (nSPS) is 10.6. The van der Waals surface area contributed by atoms with Gasteiger partial charge in [0, 0.05) is 12.6 Å². The Bertz CT molecular complexity index is 874. The van der Waals surface area contributed by atoms with E-state index in [0.29, 0.717) is 17.9 Å². The van der Waals surface area contributed by atoms with Gasteiger partial charge in [-0.25, -0.2) is 9.78 Å². The molecule has 3 rings (SSSR count). The van der Waals surface area contributed by atoms with Crippen molar-refractivity contribution in [1.29, 1.82) is 0 Å². The van der Waals surface area contributed by atoms with Crippen LogP contribution >= 0.6 is 0 Å². The maximum absolute atomic E-state index is 11.9. The molecule has 0 amide bonds. The van der Waals surface area contributed by atoms with Gasteiger partial charge < -0.3 is 19.1 Å². The first kappa shape index (κ1) is 16.1. The largest absolute Gasteiger partial charge is 0.496 e. The number of aromatic nitrogens is 2. The lowest BCUT2D eigenvalue weighted by Gasteiger charge is -2.09. The van der Waals surface area contributed by atoms with Crippen LogP contribution in [0.1, 0.15) is 15.9 Å². The van der Waals surface area contributed by atoms with Crippen molar-refractivity contribution < 1.29 is 19.3 Å². The van der Waals surface area contributed by atoms with Gasteiger partial charge in [-0.2, -0.15) is 0 Å². The highest BCUT2D eigenvalue weighted by molar-refractivity contribution is 6.45. The first-order valence-corrected chi connectivity index (χ1v) is 7.46. The first-order chi connectivity index (χ1) is 11.7. The van der Waals surface area contributed by atoms with Crippen LogP contribution < -0.4 is 10.2 Å². The van der Waals surface area contributed by atoms with Crippen LogP contribution in [0.15, 0.2) is 42.7 Å². The lowest BCUT2D eigenvalue weighted by atomic mass is 9.88. The van der Waals surface area contributed by atoms with E-state index in [0.717, 1.165) is 22.1 Å². The Labute approximate surface area is 139 Å². The molecule has 1 heterocycles. The fourth-order valence-corrected chi connectivity index (χ4v) is 2.60. The van der Waals surface area contributed by atoms with Crippen molar-refractivity contribution in [3.05, 3.63) is 53.9 Å². The van der Waals surface area contributed by atoms with Crippen LogP contribution in [-0.4, -0.2) is 42.2 Å². The summed E-state index contributed by atoms with van der Waals surface area (Å²) in [4.78, 5) is 16.3. The fourth-order valence-electron chi connectivity index (χ4n) is 2.60. The Morgan fingerprint density at radius 2 is 2.00 bits per heavy atom. The predicted molar refractivity (Wildman–Crippen MR) is 92.2 cm³/mol. The molecule has 0 radical (unpaired) electrons. The summed E-state index contributed by atoms with van der Waals surface area (Å²) in [5.41, 5.74) is 3.87. The van der Waals surface area contributed by atoms with Gasteiger partial charge in [0.1, 0.15) is 11.3 Å². The van der Waals surface area contributed by atoms with Gasteiger partial charge in [-0.15, -0.1) is 0 Å². The third kappa shape index (κ3) is 2.98. The highest BCUT2D eigenvalue weighted by Gasteiger charge is 2.16. The van der Waals surface area contributed by atoms with Crippen LogP contribution in [-0.2, 0) is 11.3 Å². The number of methoxy groups -OCH3 is 2. The number of hydrogen-bond donors (Lipinski definition) is 1. The number of ether oxygens (including phenoxy) is 2. The Balaban J connectivity index is 2.00. The smallest absolute Gasteiger partial charge is 0.341 e. The SMILES string of the molecule is COC(=O)c1cc2c(cc1OC)ncn2Cc1ccc(BO)cc1.